The molecule has 0 bridgehead atoms. The van der Waals surface area contributed by atoms with Crippen molar-refractivity contribution < 1.29 is 27.5 Å². The van der Waals surface area contributed by atoms with Crippen molar-refractivity contribution >= 4 is 27.5 Å². The van der Waals surface area contributed by atoms with E-state index < -0.39 is 28.5 Å². The number of carbonyl (C=O) groups excluding carboxylic acids is 2. The molecule has 10 heteroatoms. The van der Waals surface area contributed by atoms with Crippen molar-refractivity contribution in [1.29, 1.82) is 0 Å². The molecule has 0 spiro atoms. The van der Waals surface area contributed by atoms with Crippen LogP contribution in [0.1, 0.15) is 22.3 Å². The molecule has 236 valence electrons. The summed E-state index contributed by atoms with van der Waals surface area (Å²) in [4.78, 5) is 29.2. The summed E-state index contributed by atoms with van der Waals surface area (Å²) in [6, 6.07) is 27.3. The van der Waals surface area contributed by atoms with Crippen LogP contribution in [0.15, 0.2) is 102 Å². The van der Waals surface area contributed by atoms with Crippen LogP contribution in [-0.4, -0.2) is 59.0 Å². The van der Waals surface area contributed by atoms with Gasteiger partial charge in [0.05, 0.1) is 24.8 Å². The molecule has 0 heterocycles. The molecule has 4 aromatic carbocycles. The number of benzene rings is 4. The number of carbonyl (C=O) groups is 2. The first-order valence-electron chi connectivity index (χ1n) is 14.5. The van der Waals surface area contributed by atoms with Crippen molar-refractivity contribution in [1.82, 2.24) is 10.2 Å². The Morgan fingerprint density at radius 2 is 1.38 bits per heavy atom. The second-order valence-corrected chi connectivity index (χ2v) is 12.6. The molecule has 4 aromatic rings. The number of nitrogens with one attached hydrogen (secondary N) is 1. The Kier molecular flexibility index (Phi) is 10.9. The Balaban J connectivity index is 1.80. The largest absolute Gasteiger partial charge is 0.493 e. The number of nitrogens with zero attached hydrogens (tertiary/aromatic N) is 2. The Labute approximate surface area is 265 Å². The minimum atomic E-state index is -4.29. The minimum absolute atomic E-state index is 0.0780. The van der Waals surface area contributed by atoms with Gasteiger partial charge in [-0.05, 0) is 49.2 Å². The average molecular weight is 630 g/mol. The molecule has 0 aliphatic heterocycles. The van der Waals surface area contributed by atoms with Crippen LogP contribution in [0.4, 0.5) is 5.69 Å². The average Bonchev–Trinajstić information content (AvgIpc) is 3.06. The minimum Gasteiger partial charge on any atom is -0.493 e. The molecule has 0 aromatic heterocycles. The first-order valence-corrected chi connectivity index (χ1v) is 15.9. The lowest BCUT2D eigenvalue weighted by Crippen LogP contribution is -2.53. The molecule has 0 unspecified atom stereocenters. The number of aryl methyl sites for hydroxylation is 2. The number of methoxy groups -OCH3 is 2. The predicted molar refractivity (Wildman–Crippen MR) is 175 cm³/mol. The fraction of sp³-hybridized carbons (Fsp3) is 0.257. The van der Waals surface area contributed by atoms with Gasteiger partial charge in [-0.25, -0.2) is 8.42 Å². The van der Waals surface area contributed by atoms with Crippen LogP contribution in [0.3, 0.4) is 0 Å². The van der Waals surface area contributed by atoms with Crippen molar-refractivity contribution in [2.24, 2.45) is 0 Å². The maximum atomic E-state index is 14.4. The second-order valence-electron chi connectivity index (χ2n) is 10.7. The summed E-state index contributed by atoms with van der Waals surface area (Å²) in [6.45, 7) is 3.41. The fourth-order valence-corrected chi connectivity index (χ4v) is 6.38. The third kappa shape index (κ3) is 8.02. The topological polar surface area (TPSA) is 105 Å². The summed E-state index contributed by atoms with van der Waals surface area (Å²) in [5, 5.41) is 2.70. The van der Waals surface area contributed by atoms with Gasteiger partial charge in [0.1, 0.15) is 12.6 Å². The summed E-state index contributed by atoms with van der Waals surface area (Å²) in [7, 11) is 0.114. The van der Waals surface area contributed by atoms with Gasteiger partial charge in [0.25, 0.3) is 10.0 Å². The molecule has 0 fully saturated rings. The van der Waals surface area contributed by atoms with Crippen LogP contribution in [-0.2, 0) is 32.6 Å². The number of rotatable bonds is 13. The number of anilines is 1. The smallest absolute Gasteiger partial charge is 0.264 e. The highest BCUT2D eigenvalue weighted by molar-refractivity contribution is 7.92. The molecule has 0 radical (unpaired) electrons. The van der Waals surface area contributed by atoms with Crippen LogP contribution >= 0.6 is 0 Å². The quantitative estimate of drug-likeness (QED) is 0.226. The summed E-state index contributed by atoms with van der Waals surface area (Å²) in [5.41, 5.74) is 3.95. The highest BCUT2D eigenvalue weighted by Crippen LogP contribution is 2.32. The highest BCUT2D eigenvalue weighted by Gasteiger charge is 2.34. The Hall–Kier alpha value is -4.83. The number of amides is 2. The molecule has 4 rings (SSSR count). The molecule has 1 atom stereocenters. The Morgan fingerprint density at radius 1 is 0.778 bits per heavy atom. The maximum Gasteiger partial charge on any atom is 0.264 e. The number of sulfonamides is 1. The monoisotopic (exact) mass is 629 g/mol. The van der Waals surface area contributed by atoms with Gasteiger partial charge in [0.15, 0.2) is 11.5 Å². The van der Waals surface area contributed by atoms with E-state index in [1.807, 2.05) is 68.4 Å². The first-order chi connectivity index (χ1) is 21.6. The molecule has 9 nitrogen and oxygen atoms in total. The van der Waals surface area contributed by atoms with E-state index in [9.17, 15) is 18.0 Å². The van der Waals surface area contributed by atoms with Crippen LogP contribution < -0.4 is 19.1 Å². The fourth-order valence-electron chi connectivity index (χ4n) is 4.95. The van der Waals surface area contributed by atoms with Gasteiger partial charge in [0.2, 0.25) is 11.8 Å². The van der Waals surface area contributed by atoms with E-state index in [-0.39, 0.29) is 29.5 Å². The van der Waals surface area contributed by atoms with Crippen molar-refractivity contribution in [3.63, 3.8) is 0 Å². The van der Waals surface area contributed by atoms with E-state index >= 15 is 0 Å². The zero-order chi connectivity index (χ0) is 32.6. The van der Waals surface area contributed by atoms with Crippen molar-refractivity contribution in [3.05, 3.63) is 119 Å². The van der Waals surface area contributed by atoms with Crippen molar-refractivity contribution in [2.45, 2.75) is 37.8 Å². The molecule has 45 heavy (non-hydrogen) atoms. The number of ether oxygens (including phenoxy) is 2. The molecule has 2 amide bonds. The van der Waals surface area contributed by atoms with Crippen LogP contribution in [0, 0.1) is 13.8 Å². The highest BCUT2D eigenvalue weighted by atomic mass is 32.2. The first kappa shape index (κ1) is 33.1. The Bertz CT molecular complexity index is 1710. The lowest BCUT2D eigenvalue weighted by Gasteiger charge is -2.33. The Morgan fingerprint density at radius 3 is 1.96 bits per heavy atom. The van der Waals surface area contributed by atoms with Gasteiger partial charge in [0, 0.05) is 26.1 Å². The molecule has 0 aliphatic carbocycles. The summed E-state index contributed by atoms with van der Waals surface area (Å²) < 4.78 is 40.3. The molecule has 0 aliphatic rings. The second kappa shape index (κ2) is 14.8. The molecule has 0 saturated carbocycles. The van der Waals surface area contributed by atoms with E-state index in [4.69, 9.17) is 9.47 Å². The molecular formula is C35H39N3O6S. The van der Waals surface area contributed by atoms with Gasteiger partial charge < -0.3 is 19.7 Å². The number of likely N-dealkylation sites (N-methyl/N-ethyl adjacent to an activating group) is 1. The predicted octanol–water partition coefficient (Wildman–Crippen LogP) is 4.90. The van der Waals surface area contributed by atoms with E-state index in [0.29, 0.717) is 11.4 Å². The van der Waals surface area contributed by atoms with Crippen molar-refractivity contribution in [2.75, 3.05) is 32.1 Å². The zero-order valence-corrected chi connectivity index (χ0v) is 27.0. The van der Waals surface area contributed by atoms with Gasteiger partial charge >= 0.3 is 0 Å². The lowest BCUT2D eigenvalue weighted by atomic mass is 10.0. The van der Waals surface area contributed by atoms with Crippen LogP contribution in [0.5, 0.6) is 11.5 Å². The molecular weight excluding hydrogens is 590 g/mol. The number of hydrogen-bond acceptors (Lipinski definition) is 6. The van der Waals surface area contributed by atoms with Gasteiger partial charge in [-0.15, -0.1) is 0 Å². The number of hydrogen-bond donors (Lipinski definition) is 1. The SMILES string of the molecule is CNC(=O)[C@H](Cc1ccccc1)N(Cc1ccc(C)cc1)C(=O)CN(c1ccc(C)cc1)S(=O)(=O)c1ccc(OC)c(OC)c1. The van der Waals surface area contributed by atoms with E-state index in [2.05, 4.69) is 5.32 Å². The normalized spacial score (nSPS) is 11.8. The van der Waals surface area contributed by atoms with Crippen LogP contribution in [0.2, 0.25) is 0 Å². The summed E-state index contributed by atoms with van der Waals surface area (Å²) in [5.74, 6) is -0.293. The van der Waals surface area contributed by atoms with Gasteiger partial charge in [-0.2, -0.15) is 0 Å². The summed E-state index contributed by atoms with van der Waals surface area (Å²) in [6.07, 6.45) is 0.241. The summed E-state index contributed by atoms with van der Waals surface area (Å²) >= 11 is 0. The maximum absolute atomic E-state index is 14.4. The standard InChI is InChI=1S/C35H39N3O6S/c1-25-11-15-28(16-12-25)23-37(31(35(40)36-3)21-27-9-7-6-8-10-27)34(39)24-38(29-17-13-26(2)14-18-29)45(41,42)30-19-20-32(43-4)33(22-30)44-5/h6-20,22,31H,21,23-24H2,1-5H3,(H,36,40)/t31-/m0/s1. The van der Waals surface area contributed by atoms with Gasteiger partial charge in [-0.3, -0.25) is 13.9 Å². The van der Waals surface area contributed by atoms with E-state index in [0.717, 1.165) is 26.6 Å². The van der Waals surface area contributed by atoms with E-state index in [1.54, 1.807) is 24.3 Å². The van der Waals surface area contributed by atoms with Gasteiger partial charge in [-0.1, -0.05) is 77.9 Å². The lowest BCUT2D eigenvalue weighted by molar-refractivity contribution is -0.139. The molecule has 1 N–H and O–H groups in total. The third-order valence-electron chi connectivity index (χ3n) is 7.53. The van der Waals surface area contributed by atoms with Crippen LogP contribution in [0.25, 0.3) is 0 Å². The molecule has 0 saturated heterocycles. The third-order valence-corrected chi connectivity index (χ3v) is 9.30. The van der Waals surface area contributed by atoms with E-state index in [1.165, 1.54) is 44.4 Å². The zero-order valence-electron chi connectivity index (χ0n) is 26.2. The van der Waals surface area contributed by atoms with Crippen molar-refractivity contribution in [3.8, 4) is 11.5 Å².